The lowest BCUT2D eigenvalue weighted by molar-refractivity contribution is 0.100. The van der Waals surface area contributed by atoms with Gasteiger partial charge < -0.3 is 10.2 Å². The molecule has 0 unspecified atom stereocenters. The molecule has 6 heteroatoms. The molecule has 0 spiro atoms. The second-order valence-corrected chi connectivity index (χ2v) is 5.88. The Balaban J connectivity index is 1.75. The van der Waals surface area contributed by atoms with E-state index in [1.54, 1.807) is 36.5 Å². The van der Waals surface area contributed by atoms with Gasteiger partial charge in [-0.1, -0.05) is 12.1 Å². The standard InChI is InChI=1S/C18H20N4O2/c1-13(23)14-6-5-7-15(12-14)20-17(24)16-8-9-19-18(21-16)22-10-3-2-4-11-22/h5-9,12H,2-4,10-11H2,1H3,(H,20,24). The number of hydrogen-bond donors (Lipinski definition) is 1. The normalized spacial score (nSPS) is 14.3. The Morgan fingerprint density at radius 2 is 1.92 bits per heavy atom. The molecule has 6 nitrogen and oxygen atoms in total. The number of nitrogens with zero attached hydrogens (tertiary/aromatic N) is 3. The van der Waals surface area contributed by atoms with Crippen LogP contribution in [0.4, 0.5) is 11.6 Å². The molecule has 1 aromatic carbocycles. The monoisotopic (exact) mass is 324 g/mol. The molecule has 1 aromatic heterocycles. The summed E-state index contributed by atoms with van der Waals surface area (Å²) in [6.07, 6.45) is 5.08. The molecule has 0 aliphatic carbocycles. The van der Waals surface area contributed by atoms with E-state index in [0.29, 0.717) is 22.9 Å². The number of nitrogens with one attached hydrogen (secondary N) is 1. The summed E-state index contributed by atoms with van der Waals surface area (Å²) >= 11 is 0. The van der Waals surface area contributed by atoms with Crippen LogP contribution in [0.25, 0.3) is 0 Å². The van der Waals surface area contributed by atoms with Gasteiger partial charge in [0.05, 0.1) is 0 Å². The molecule has 1 N–H and O–H groups in total. The van der Waals surface area contributed by atoms with Crippen LogP contribution in [0.1, 0.15) is 47.0 Å². The molecular weight excluding hydrogens is 304 g/mol. The number of hydrogen-bond acceptors (Lipinski definition) is 5. The minimum atomic E-state index is -0.309. The molecule has 0 saturated carbocycles. The summed E-state index contributed by atoms with van der Waals surface area (Å²) in [6.45, 7) is 3.34. The maximum Gasteiger partial charge on any atom is 0.274 e. The maximum atomic E-state index is 12.4. The molecule has 3 rings (SSSR count). The van der Waals surface area contributed by atoms with Crippen molar-refractivity contribution >= 4 is 23.3 Å². The van der Waals surface area contributed by atoms with Crippen LogP contribution < -0.4 is 10.2 Å². The summed E-state index contributed by atoms with van der Waals surface area (Å²) in [5.41, 5.74) is 1.45. The number of carbonyl (C=O) groups is 2. The van der Waals surface area contributed by atoms with E-state index in [1.165, 1.54) is 13.3 Å². The van der Waals surface area contributed by atoms with Gasteiger partial charge in [0, 0.05) is 30.5 Å². The van der Waals surface area contributed by atoms with Crippen LogP contribution >= 0.6 is 0 Å². The number of piperidine rings is 1. The highest BCUT2D eigenvalue weighted by Crippen LogP contribution is 2.16. The number of Topliss-reactive ketones (excluding diaryl/α,β-unsaturated/α-hetero) is 1. The van der Waals surface area contributed by atoms with Gasteiger partial charge in [0.1, 0.15) is 5.69 Å². The van der Waals surface area contributed by atoms with Gasteiger partial charge in [-0.05, 0) is 44.4 Å². The highest BCUT2D eigenvalue weighted by atomic mass is 16.2. The van der Waals surface area contributed by atoms with Crippen LogP contribution in [0.15, 0.2) is 36.5 Å². The van der Waals surface area contributed by atoms with Gasteiger partial charge in [-0.2, -0.15) is 0 Å². The molecule has 1 aliphatic rings. The van der Waals surface area contributed by atoms with E-state index in [2.05, 4.69) is 20.2 Å². The van der Waals surface area contributed by atoms with E-state index < -0.39 is 0 Å². The lowest BCUT2D eigenvalue weighted by Gasteiger charge is -2.26. The number of rotatable bonds is 4. The second kappa shape index (κ2) is 7.21. The smallest absolute Gasteiger partial charge is 0.274 e. The fourth-order valence-electron chi connectivity index (χ4n) is 2.73. The molecule has 1 amide bonds. The van der Waals surface area contributed by atoms with Crippen LogP contribution in [0.2, 0.25) is 0 Å². The van der Waals surface area contributed by atoms with Crippen LogP contribution in [0, 0.1) is 0 Å². The molecule has 1 saturated heterocycles. The molecule has 24 heavy (non-hydrogen) atoms. The quantitative estimate of drug-likeness (QED) is 0.875. The fraction of sp³-hybridized carbons (Fsp3) is 0.333. The third kappa shape index (κ3) is 3.76. The summed E-state index contributed by atoms with van der Waals surface area (Å²) in [4.78, 5) is 34.6. The van der Waals surface area contributed by atoms with Gasteiger partial charge >= 0.3 is 0 Å². The maximum absolute atomic E-state index is 12.4. The molecule has 2 aromatic rings. The van der Waals surface area contributed by atoms with E-state index in [0.717, 1.165) is 25.9 Å². The van der Waals surface area contributed by atoms with Crippen molar-refractivity contribution in [2.45, 2.75) is 26.2 Å². The molecule has 0 atom stereocenters. The van der Waals surface area contributed by atoms with Gasteiger partial charge in [0.25, 0.3) is 5.91 Å². The van der Waals surface area contributed by atoms with E-state index in [-0.39, 0.29) is 11.7 Å². The van der Waals surface area contributed by atoms with Gasteiger partial charge in [0.2, 0.25) is 5.95 Å². The Kier molecular flexibility index (Phi) is 4.84. The number of amides is 1. The predicted octanol–water partition coefficient (Wildman–Crippen LogP) is 2.92. The van der Waals surface area contributed by atoms with Crippen molar-refractivity contribution < 1.29 is 9.59 Å². The van der Waals surface area contributed by atoms with E-state index in [1.807, 2.05) is 0 Å². The zero-order chi connectivity index (χ0) is 16.9. The highest BCUT2D eigenvalue weighted by Gasteiger charge is 2.16. The zero-order valence-corrected chi connectivity index (χ0v) is 13.7. The van der Waals surface area contributed by atoms with Crippen LogP contribution in [-0.4, -0.2) is 34.7 Å². The summed E-state index contributed by atoms with van der Waals surface area (Å²) in [5, 5.41) is 2.78. The van der Waals surface area contributed by atoms with E-state index >= 15 is 0 Å². The van der Waals surface area contributed by atoms with E-state index in [9.17, 15) is 9.59 Å². The Hall–Kier alpha value is -2.76. The first-order chi connectivity index (χ1) is 11.6. The van der Waals surface area contributed by atoms with Crippen LogP contribution in [0.3, 0.4) is 0 Å². The first-order valence-electron chi connectivity index (χ1n) is 8.14. The number of anilines is 2. The second-order valence-electron chi connectivity index (χ2n) is 5.88. The van der Waals surface area contributed by atoms with Gasteiger partial charge in [-0.15, -0.1) is 0 Å². The SMILES string of the molecule is CC(=O)c1cccc(NC(=O)c2ccnc(N3CCCCC3)n2)c1. The zero-order valence-electron chi connectivity index (χ0n) is 13.7. The summed E-state index contributed by atoms with van der Waals surface area (Å²) < 4.78 is 0. The van der Waals surface area contributed by atoms with Crippen molar-refractivity contribution in [1.82, 2.24) is 9.97 Å². The lowest BCUT2D eigenvalue weighted by atomic mass is 10.1. The summed E-state index contributed by atoms with van der Waals surface area (Å²) in [7, 11) is 0. The van der Waals surface area contributed by atoms with Crippen molar-refractivity contribution in [1.29, 1.82) is 0 Å². The number of benzene rings is 1. The Morgan fingerprint density at radius 3 is 2.67 bits per heavy atom. The lowest BCUT2D eigenvalue weighted by Crippen LogP contribution is -2.31. The predicted molar refractivity (Wildman–Crippen MR) is 92.5 cm³/mol. The van der Waals surface area contributed by atoms with Gasteiger partial charge in [-0.25, -0.2) is 9.97 Å². The first-order valence-corrected chi connectivity index (χ1v) is 8.14. The van der Waals surface area contributed by atoms with E-state index in [4.69, 9.17) is 0 Å². The van der Waals surface area contributed by atoms with Crippen molar-refractivity contribution in [2.75, 3.05) is 23.3 Å². The third-order valence-corrected chi connectivity index (χ3v) is 4.04. The van der Waals surface area contributed by atoms with Crippen molar-refractivity contribution in [3.63, 3.8) is 0 Å². The topological polar surface area (TPSA) is 75.2 Å². The average Bonchev–Trinajstić information content (AvgIpc) is 2.63. The van der Waals surface area contributed by atoms with Crippen molar-refractivity contribution in [2.24, 2.45) is 0 Å². The summed E-state index contributed by atoms with van der Waals surface area (Å²) in [5.74, 6) is 0.247. The van der Waals surface area contributed by atoms with Gasteiger partial charge in [-0.3, -0.25) is 9.59 Å². The minimum absolute atomic E-state index is 0.0412. The van der Waals surface area contributed by atoms with Gasteiger partial charge in [0.15, 0.2) is 5.78 Å². The molecule has 124 valence electrons. The number of ketones is 1. The Morgan fingerprint density at radius 1 is 1.12 bits per heavy atom. The highest BCUT2D eigenvalue weighted by molar-refractivity contribution is 6.04. The van der Waals surface area contributed by atoms with Crippen molar-refractivity contribution in [3.8, 4) is 0 Å². The fourth-order valence-corrected chi connectivity index (χ4v) is 2.73. The molecule has 0 radical (unpaired) electrons. The van der Waals surface area contributed by atoms with Crippen molar-refractivity contribution in [3.05, 3.63) is 47.8 Å². The summed E-state index contributed by atoms with van der Waals surface area (Å²) in [6, 6.07) is 8.46. The average molecular weight is 324 g/mol. The Bertz CT molecular complexity index is 754. The molecule has 2 heterocycles. The minimum Gasteiger partial charge on any atom is -0.341 e. The first kappa shape index (κ1) is 16.1. The Labute approximate surface area is 140 Å². The molecular formula is C18H20N4O2. The molecule has 1 aliphatic heterocycles. The third-order valence-electron chi connectivity index (χ3n) is 4.04. The number of carbonyl (C=O) groups excluding carboxylic acids is 2. The molecule has 0 bridgehead atoms. The van der Waals surface area contributed by atoms with Crippen LogP contribution in [0.5, 0.6) is 0 Å². The van der Waals surface area contributed by atoms with Crippen LogP contribution in [-0.2, 0) is 0 Å². The number of aromatic nitrogens is 2. The largest absolute Gasteiger partial charge is 0.341 e. The molecule has 1 fully saturated rings.